The van der Waals surface area contributed by atoms with Gasteiger partial charge in [0.25, 0.3) is 0 Å². The molecule has 2 aromatic heterocycles. The lowest BCUT2D eigenvalue weighted by Gasteiger charge is -2.01. The maximum absolute atomic E-state index is 5.72. The van der Waals surface area contributed by atoms with Crippen LogP contribution in [0.1, 0.15) is 11.3 Å². The molecule has 21 heavy (non-hydrogen) atoms. The second-order valence-electron chi connectivity index (χ2n) is 4.58. The van der Waals surface area contributed by atoms with Crippen LogP contribution in [-0.2, 0) is 18.0 Å². The van der Waals surface area contributed by atoms with Crippen LogP contribution in [0.15, 0.2) is 54.9 Å². The summed E-state index contributed by atoms with van der Waals surface area (Å²) >= 11 is 0. The Morgan fingerprint density at radius 1 is 1.10 bits per heavy atom. The largest absolute Gasteiger partial charge is 0.399 e. The van der Waals surface area contributed by atoms with Gasteiger partial charge in [-0.3, -0.25) is 0 Å². The molecule has 106 valence electrons. The second-order valence-corrected chi connectivity index (χ2v) is 4.58. The quantitative estimate of drug-likeness (QED) is 0.773. The van der Waals surface area contributed by atoms with Crippen molar-refractivity contribution < 1.29 is 4.74 Å². The Balaban J connectivity index is 1.60. The summed E-state index contributed by atoms with van der Waals surface area (Å²) in [6, 6.07) is 13.5. The molecule has 0 radical (unpaired) electrons. The number of rotatable bonds is 5. The van der Waals surface area contributed by atoms with Gasteiger partial charge in [-0.05, 0) is 11.6 Å². The van der Waals surface area contributed by atoms with Gasteiger partial charge in [0, 0.05) is 18.0 Å². The summed E-state index contributed by atoms with van der Waals surface area (Å²) in [5, 5.41) is 8.08. The van der Waals surface area contributed by atoms with Crippen molar-refractivity contribution in [3.05, 3.63) is 66.1 Å². The van der Waals surface area contributed by atoms with E-state index in [0.717, 1.165) is 11.3 Å². The molecule has 0 atom stereocenters. The van der Waals surface area contributed by atoms with Crippen molar-refractivity contribution in [2.45, 2.75) is 13.2 Å². The number of hydrogen-bond acceptors (Lipinski definition) is 5. The molecule has 0 bridgehead atoms. The number of benzene rings is 1. The predicted molar refractivity (Wildman–Crippen MR) is 78.5 cm³/mol. The molecule has 1 aromatic carbocycles. The van der Waals surface area contributed by atoms with Crippen molar-refractivity contribution >= 4 is 5.69 Å². The van der Waals surface area contributed by atoms with Gasteiger partial charge in [0.15, 0.2) is 5.82 Å². The lowest BCUT2D eigenvalue weighted by atomic mass is 10.2. The van der Waals surface area contributed by atoms with E-state index < -0.39 is 0 Å². The Hall–Kier alpha value is -2.73. The summed E-state index contributed by atoms with van der Waals surface area (Å²) in [5.41, 5.74) is 8.23. The molecule has 6 heteroatoms. The highest BCUT2D eigenvalue weighted by Crippen LogP contribution is 2.09. The Kier molecular flexibility index (Phi) is 3.88. The Morgan fingerprint density at radius 3 is 2.76 bits per heavy atom. The minimum absolute atomic E-state index is 0.400. The normalized spacial score (nSPS) is 10.7. The van der Waals surface area contributed by atoms with Gasteiger partial charge < -0.3 is 10.5 Å². The average molecular weight is 281 g/mol. The third-order valence-corrected chi connectivity index (χ3v) is 2.91. The summed E-state index contributed by atoms with van der Waals surface area (Å²) in [6.07, 6.45) is 3.42. The van der Waals surface area contributed by atoms with Crippen molar-refractivity contribution in [1.29, 1.82) is 0 Å². The highest BCUT2D eigenvalue weighted by Gasteiger charge is 2.04. The van der Waals surface area contributed by atoms with E-state index in [1.54, 1.807) is 29.2 Å². The van der Waals surface area contributed by atoms with Crippen LogP contribution in [0, 0.1) is 0 Å². The first kappa shape index (κ1) is 13.3. The predicted octanol–water partition coefficient (Wildman–Crippen LogP) is 1.96. The van der Waals surface area contributed by atoms with Crippen LogP contribution in [-0.4, -0.2) is 20.0 Å². The summed E-state index contributed by atoms with van der Waals surface area (Å²) in [7, 11) is 0. The Bertz CT molecular complexity index is 711. The summed E-state index contributed by atoms with van der Waals surface area (Å²) in [4.78, 5) is 4.19. The van der Waals surface area contributed by atoms with E-state index in [1.165, 1.54) is 0 Å². The van der Waals surface area contributed by atoms with E-state index in [1.807, 2.05) is 30.3 Å². The Labute approximate surface area is 122 Å². The monoisotopic (exact) mass is 281 g/mol. The van der Waals surface area contributed by atoms with E-state index in [0.29, 0.717) is 24.7 Å². The molecule has 0 spiro atoms. The third-order valence-electron chi connectivity index (χ3n) is 2.91. The molecule has 6 nitrogen and oxygen atoms in total. The maximum atomic E-state index is 5.72. The molecule has 0 saturated heterocycles. The molecule has 3 aromatic rings. The van der Waals surface area contributed by atoms with E-state index in [2.05, 4.69) is 15.3 Å². The van der Waals surface area contributed by atoms with Crippen LogP contribution in [0.3, 0.4) is 0 Å². The highest BCUT2D eigenvalue weighted by atomic mass is 16.5. The van der Waals surface area contributed by atoms with Crippen LogP contribution in [0.25, 0.3) is 5.82 Å². The van der Waals surface area contributed by atoms with Crippen LogP contribution in [0.4, 0.5) is 5.69 Å². The summed E-state index contributed by atoms with van der Waals surface area (Å²) in [5.74, 6) is 0.636. The van der Waals surface area contributed by atoms with Crippen molar-refractivity contribution in [2.24, 2.45) is 0 Å². The van der Waals surface area contributed by atoms with Crippen molar-refractivity contribution in [3.8, 4) is 5.82 Å². The van der Waals surface area contributed by atoms with Gasteiger partial charge in [-0.25, -0.2) is 9.67 Å². The molecular weight excluding hydrogens is 266 g/mol. The standard InChI is InChI=1S/C15H15N5O/c16-13-6-7-17-15(8-13)20-9-14(18-19-20)11-21-10-12-4-2-1-3-5-12/h1-9H,10-11H2,(H2,16,17). The molecule has 0 amide bonds. The number of hydrogen-bond donors (Lipinski definition) is 1. The molecule has 0 fully saturated rings. The zero-order valence-corrected chi connectivity index (χ0v) is 11.4. The topological polar surface area (TPSA) is 78.8 Å². The molecule has 0 aliphatic rings. The van der Waals surface area contributed by atoms with Crippen molar-refractivity contribution in [3.63, 3.8) is 0 Å². The van der Waals surface area contributed by atoms with Gasteiger partial charge in [0.1, 0.15) is 5.69 Å². The first-order chi connectivity index (χ1) is 10.3. The van der Waals surface area contributed by atoms with Gasteiger partial charge in [0.05, 0.1) is 19.4 Å². The lowest BCUT2D eigenvalue weighted by Crippen LogP contribution is -1.99. The number of ether oxygens (including phenoxy) is 1. The first-order valence-electron chi connectivity index (χ1n) is 6.56. The van der Waals surface area contributed by atoms with Crippen LogP contribution >= 0.6 is 0 Å². The molecular formula is C15H15N5O. The van der Waals surface area contributed by atoms with Crippen LogP contribution in [0.2, 0.25) is 0 Å². The number of nitrogens with two attached hydrogens (primary N) is 1. The lowest BCUT2D eigenvalue weighted by molar-refractivity contribution is 0.104. The molecule has 3 rings (SSSR count). The van der Waals surface area contributed by atoms with E-state index >= 15 is 0 Å². The van der Waals surface area contributed by atoms with Crippen LogP contribution < -0.4 is 5.73 Å². The van der Waals surface area contributed by atoms with E-state index in [-0.39, 0.29) is 0 Å². The fraction of sp³-hybridized carbons (Fsp3) is 0.133. The van der Waals surface area contributed by atoms with Gasteiger partial charge in [-0.2, -0.15) is 0 Å². The fourth-order valence-corrected chi connectivity index (χ4v) is 1.88. The fourth-order valence-electron chi connectivity index (χ4n) is 1.88. The summed E-state index contributed by atoms with van der Waals surface area (Å²) in [6.45, 7) is 0.946. The molecule has 2 N–H and O–H groups in total. The van der Waals surface area contributed by atoms with E-state index in [4.69, 9.17) is 10.5 Å². The van der Waals surface area contributed by atoms with Gasteiger partial charge in [-0.1, -0.05) is 35.5 Å². The molecule has 2 heterocycles. The van der Waals surface area contributed by atoms with Crippen molar-refractivity contribution in [1.82, 2.24) is 20.0 Å². The SMILES string of the molecule is Nc1ccnc(-n2cc(COCc3ccccc3)nn2)c1. The third kappa shape index (κ3) is 3.43. The Morgan fingerprint density at radius 2 is 1.95 bits per heavy atom. The van der Waals surface area contributed by atoms with Crippen molar-refractivity contribution in [2.75, 3.05) is 5.73 Å². The summed E-state index contributed by atoms with van der Waals surface area (Å²) < 4.78 is 7.20. The minimum atomic E-state index is 0.400. The number of aromatic nitrogens is 4. The minimum Gasteiger partial charge on any atom is -0.399 e. The number of nitrogens with zero attached hydrogens (tertiary/aromatic N) is 4. The number of nitrogen functional groups attached to an aromatic ring is 1. The average Bonchev–Trinajstić information content (AvgIpc) is 2.97. The molecule has 0 aliphatic carbocycles. The highest BCUT2D eigenvalue weighted by molar-refractivity contribution is 5.42. The smallest absolute Gasteiger partial charge is 0.157 e. The van der Waals surface area contributed by atoms with Crippen LogP contribution in [0.5, 0.6) is 0 Å². The van der Waals surface area contributed by atoms with Gasteiger partial charge in [0.2, 0.25) is 0 Å². The number of pyridine rings is 1. The van der Waals surface area contributed by atoms with Gasteiger partial charge >= 0.3 is 0 Å². The molecule has 0 saturated carbocycles. The zero-order valence-electron chi connectivity index (χ0n) is 11.4. The van der Waals surface area contributed by atoms with Gasteiger partial charge in [-0.15, -0.1) is 5.10 Å². The molecule has 0 unspecified atom stereocenters. The van der Waals surface area contributed by atoms with E-state index in [9.17, 15) is 0 Å². The molecule has 0 aliphatic heterocycles. The number of anilines is 1. The zero-order chi connectivity index (χ0) is 14.5. The second kappa shape index (κ2) is 6.15. The first-order valence-corrected chi connectivity index (χ1v) is 6.56. The maximum Gasteiger partial charge on any atom is 0.157 e.